The van der Waals surface area contributed by atoms with E-state index in [0.717, 1.165) is 24.8 Å². The SMILES string of the molecule is O=C(NCCC1=CCCCC1)[C@H](c1ccccc1)N(Cc1ccccc1)C(=O)COc1ccc(S(=O)(=O)N2CCOCC2)cc1. The van der Waals surface area contributed by atoms with E-state index in [0.29, 0.717) is 44.2 Å². The molecule has 1 aliphatic carbocycles. The highest BCUT2D eigenvalue weighted by atomic mass is 32.2. The molecule has 1 heterocycles. The second-order valence-electron chi connectivity index (χ2n) is 11.2. The number of benzene rings is 3. The quantitative estimate of drug-likeness (QED) is 0.270. The molecule has 1 N–H and O–H groups in total. The van der Waals surface area contributed by atoms with E-state index >= 15 is 0 Å². The monoisotopic (exact) mass is 631 g/mol. The van der Waals surface area contributed by atoms with Gasteiger partial charge in [-0.2, -0.15) is 4.31 Å². The van der Waals surface area contributed by atoms with Crippen LogP contribution in [0.2, 0.25) is 0 Å². The fourth-order valence-corrected chi connectivity index (χ4v) is 7.07. The normalized spacial score (nSPS) is 16.3. The van der Waals surface area contributed by atoms with Crippen molar-refractivity contribution in [1.29, 1.82) is 0 Å². The van der Waals surface area contributed by atoms with Gasteiger partial charge in [-0.05, 0) is 67.5 Å². The summed E-state index contributed by atoms with van der Waals surface area (Å²) in [6.07, 6.45) is 7.61. The summed E-state index contributed by atoms with van der Waals surface area (Å²) in [5, 5.41) is 3.09. The topological polar surface area (TPSA) is 105 Å². The van der Waals surface area contributed by atoms with Crippen molar-refractivity contribution in [2.75, 3.05) is 39.5 Å². The number of nitrogens with zero attached hydrogens (tertiary/aromatic N) is 2. The van der Waals surface area contributed by atoms with Gasteiger partial charge in [0, 0.05) is 26.2 Å². The lowest BCUT2D eigenvalue weighted by Crippen LogP contribution is -2.45. The Morgan fingerprint density at radius 2 is 1.60 bits per heavy atom. The molecule has 45 heavy (non-hydrogen) atoms. The molecule has 2 aliphatic rings. The van der Waals surface area contributed by atoms with E-state index in [1.54, 1.807) is 17.0 Å². The van der Waals surface area contributed by atoms with Gasteiger partial charge in [0.15, 0.2) is 6.61 Å². The molecule has 2 amide bonds. The Kier molecular flexibility index (Phi) is 11.4. The standard InChI is InChI=1S/C35H41N3O6S/c39-33(27-44-31-16-18-32(19-17-31)45(41,42)37-22-24-43-25-23-37)38(26-29-12-6-2-7-13-29)34(30-14-8-3-9-15-30)35(40)36-21-20-28-10-4-1-5-11-28/h2-3,6-10,12-19,34H,1,4-5,11,20-27H2,(H,36,40)/t34-/m0/s1. The van der Waals surface area contributed by atoms with Gasteiger partial charge in [0.2, 0.25) is 15.9 Å². The van der Waals surface area contributed by atoms with Gasteiger partial charge in [0.25, 0.3) is 5.91 Å². The van der Waals surface area contributed by atoms with E-state index < -0.39 is 16.1 Å². The lowest BCUT2D eigenvalue weighted by Gasteiger charge is -2.31. The largest absolute Gasteiger partial charge is 0.484 e. The molecule has 1 fully saturated rings. The Hall–Kier alpha value is -3.99. The molecule has 3 aromatic rings. The van der Waals surface area contributed by atoms with Crippen molar-refractivity contribution in [3.05, 3.63) is 108 Å². The molecular weight excluding hydrogens is 590 g/mol. The van der Waals surface area contributed by atoms with Crippen LogP contribution < -0.4 is 10.1 Å². The van der Waals surface area contributed by atoms with Crippen LogP contribution in [-0.4, -0.2) is 68.9 Å². The van der Waals surface area contributed by atoms with Crippen LogP contribution in [0.3, 0.4) is 0 Å². The van der Waals surface area contributed by atoms with Crippen molar-refractivity contribution >= 4 is 21.8 Å². The summed E-state index contributed by atoms with van der Waals surface area (Å²) in [6.45, 7) is 1.71. The summed E-state index contributed by atoms with van der Waals surface area (Å²) in [7, 11) is -3.65. The lowest BCUT2D eigenvalue weighted by molar-refractivity contribution is -0.143. The first-order valence-corrected chi connectivity index (χ1v) is 17.0. The minimum Gasteiger partial charge on any atom is -0.484 e. The van der Waals surface area contributed by atoms with Crippen LogP contribution in [0.4, 0.5) is 0 Å². The molecule has 0 unspecified atom stereocenters. The third kappa shape index (κ3) is 8.81. The maximum atomic E-state index is 13.9. The molecule has 0 bridgehead atoms. The summed E-state index contributed by atoms with van der Waals surface area (Å²) in [6, 6.07) is 24.0. The fourth-order valence-electron chi connectivity index (χ4n) is 5.66. The molecule has 1 saturated heterocycles. The number of carbonyl (C=O) groups is 2. The zero-order chi connectivity index (χ0) is 31.5. The van der Waals surface area contributed by atoms with Crippen LogP contribution in [-0.2, 0) is 30.9 Å². The minimum atomic E-state index is -3.65. The Balaban J connectivity index is 1.32. The van der Waals surface area contributed by atoms with E-state index in [1.165, 1.54) is 34.9 Å². The van der Waals surface area contributed by atoms with Gasteiger partial charge < -0.3 is 19.7 Å². The smallest absolute Gasteiger partial charge is 0.261 e. The Morgan fingerprint density at radius 3 is 2.27 bits per heavy atom. The maximum absolute atomic E-state index is 13.9. The number of morpholine rings is 1. The predicted molar refractivity (Wildman–Crippen MR) is 172 cm³/mol. The first-order valence-electron chi connectivity index (χ1n) is 15.6. The highest BCUT2D eigenvalue weighted by molar-refractivity contribution is 7.89. The van der Waals surface area contributed by atoms with Gasteiger partial charge in [-0.1, -0.05) is 72.3 Å². The maximum Gasteiger partial charge on any atom is 0.261 e. The minimum absolute atomic E-state index is 0.151. The summed E-state index contributed by atoms with van der Waals surface area (Å²) in [4.78, 5) is 29.4. The molecule has 9 nitrogen and oxygen atoms in total. The Bertz CT molecular complexity index is 1540. The number of ether oxygens (including phenoxy) is 2. The molecule has 10 heteroatoms. The number of allylic oxidation sites excluding steroid dienone is 1. The van der Waals surface area contributed by atoms with Crippen molar-refractivity contribution in [3.63, 3.8) is 0 Å². The summed E-state index contributed by atoms with van der Waals surface area (Å²) >= 11 is 0. The van der Waals surface area contributed by atoms with Crippen molar-refractivity contribution in [2.24, 2.45) is 0 Å². The zero-order valence-electron chi connectivity index (χ0n) is 25.5. The van der Waals surface area contributed by atoms with Gasteiger partial charge >= 0.3 is 0 Å². The average Bonchev–Trinajstić information content (AvgIpc) is 3.09. The third-order valence-corrected chi connectivity index (χ3v) is 10.0. The van der Waals surface area contributed by atoms with Gasteiger partial charge in [0.1, 0.15) is 11.8 Å². The van der Waals surface area contributed by atoms with Crippen LogP contribution >= 0.6 is 0 Å². The second kappa shape index (κ2) is 15.8. The molecule has 0 aromatic heterocycles. The van der Waals surface area contributed by atoms with Crippen molar-refractivity contribution in [3.8, 4) is 5.75 Å². The molecule has 5 rings (SSSR count). The second-order valence-corrected chi connectivity index (χ2v) is 13.2. The number of carbonyl (C=O) groups excluding carboxylic acids is 2. The molecule has 0 spiro atoms. The summed E-state index contributed by atoms with van der Waals surface area (Å²) in [5.41, 5.74) is 2.95. The first-order chi connectivity index (χ1) is 21.9. The average molecular weight is 632 g/mol. The highest BCUT2D eigenvalue weighted by Crippen LogP contribution is 2.26. The van der Waals surface area contributed by atoms with Crippen LogP contribution in [0.1, 0.15) is 49.3 Å². The van der Waals surface area contributed by atoms with Crippen LogP contribution in [0, 0.1) is 0 Å². The Labute approximate surface area is 265 Å². The number of sulfonamides is 1. The number of hydrogen-bond acceptors (Lipinski definition) is 6. The summed E-state index contributed by atoms with van der Waals surface area (Å²) in [5.74, 6) is -0.271. The van der Waals surface area contributed by atoms with E-state index in [2.05, 4.69) is 11.4 Å². The number of rotatable bonds is 13. The van der Waals surface area contributed by atoms with Gasteiger partial charge in [0.05, 0.1) is 18.1 Å². The summed E-state index contributed by atoms with van der Waals surface area (Å²) < 4.78 is 38.5. The van der Waals surface area contributed by atoms with E-state index in [9.17, 15) is 18.0 Å². The number of hydrogen-bond donors (Lipinski definition) is 1. The van der Waals surface area contributed by atoms with Crippen LogP contribution in [0.25, 0.3) is 0 Å². The van der Waals surface area contributed by atoms with Crippen LogP contribution in [0.15, 0.2) is 101 Å². The molecular formula is C35H41N3O6S. The van der Waals surface area contributed by atoms with Crippen molar-refractivity contribution in [2.45, 2.75) is 49.6 Å². The third-order valence-electron chi connectivity index (χ3n) is 8.12. The Morgan fingerprint density at radius 1 is 0.911 bits per heavy atom. The number of nitrogens with one attached hydrogen (secondary N) is 1. The molecule has 1 atom stereocenters. The van der Waals surface area contributed by atoms with E-state index in [4.69, 9.17) is 9.47 Å². The molecule has 0 radical (unpaired) electrons. The van der Waals surface area contributed by atoms with Gasteiger partial charge in [-0.15, -0.1) is 0 Å². The van der Waals surface area contributed by atoms with E-state index in [-0.39, 0.29) is 29.9 Å². The first kappa shape index (κ1) is 32.4. The molecule has 0 saturated carbocycles. The molecule has 3 aromatic carbocycles. The van der Waals surface area contributed by atoms with E-state index in [1.807, 2.05) is 60.7 Å². The lowest BCUT2D eigenvalue weighted by atomic mass is 9.97. The van der Waals surface area contributed by atoms with Crippen molar-refractivity contribution < 1.29 is 27.5 Å². The van der Waals surface area contributed by atoms with Crippen molar-refractivity contribution in [1.82, 2.24) is 14.5 Å². The zero-order valence-corrected chi connectivity index (χ0v) is 26.3. The van der Waals surface area contributed by atoms with Gasteiger partial charge in [-0.3, -0.25) is 9.59 Å². The molecule has 1 aliphatic heterocycles. The van der Waals surface area contributed by atoms with Crippen LogP contribution in [0.5, 0.6) is 5.75 Å². The molecule has 238 valence electrons. The number of amides is 2. The van der Waals surface area contributed by atoms with Gasteiger partial charge in [-0.25, -0.2) is 8.42 Å². The predicted octanol–water partition coefficient (Wildman–Crippen LogP) is 4.86. The highest BCUT2D eigenvalue weighted by Gasteiger charge is 2.32. The fraction of sp³-hybridized carbons (Fsp3) is 0.371.